The van der Waals surface area contributed by atoms with Crippen LogP contribution in [0.4, 0.5) is 4.79 Å². The fourth-order valence-electron chi connectivity index (χ4n) is 2.96. The van der Waals surface area contributed by atoms with Crippen molar-refractivity contribution in [2.24, 2.45) is 0 Å². The maximum absolute atomic E-state index is 11.8. The highest BCUT2D eigenvalue weighted by Crippen LogP contribution is 2.08. The fraction of sp³-hybridized carbons (Fsp3) is 0.967. The molecule has 0 aliphatic carbocycles. The summed E-state index contributed by atoms with van der Waals surface area (Å²) in [7, 11) is 5.72. The predicted molar refractivity (Wildman–Crippen MR) is 166 cm³/mol. The van der Waals surface area contributed by atoms with E-state index in [2.05, 4.69) is 4.90 Å². The van der Waals surface area contributed by atoms with Gasteiger partial charge in [-0.25, -0.2) is 4.79 Å². The third-order valence-corrected chi connectivity index (χ3v) is 5.31. The minimum absolute atomic E-state index is 0.362. The Morgan fingerprint density at radius 1 is 0.409 bits per heavy atom. The summed E-state index contributed by atoms with van der Waals surface area (Å²) in [4.78, 5) is 15.4. The highest BCUT2D eigenvalue weighted by Gasteiger charge is 2.19. The van der Waals surface area contributed by atoms with Crippen molar-refractivity contribution in [3.8, 4) is 0 Å². The Hall–Kier alpha value is -1.17. The van der Waals surface area contributed by atoms with Crippen LogP contribution in [-0.2, 0) is 52.1 Å². The van der Waals surface area contributed by atoms with Crippen LogP contribution in [0, 0.1) is 0 Å². The fourth-order valence-corrected chi connectivity index (χ4v) is 2.96. The van der Waals surface area contributed by atoms with Crippen molar-refractivity contribution in [3.05, 3.63) is 0 Å². The van der Waals surface area contributed by atoms with Gasteiger partial charge in [0.2, 0.25) is 0 Å². The van der Waals surface area contributed by atoms with Crippen LogP contribution in [0.15, 0.2) is 0 Å². The van der Waals surface area contributed by atoms with Gasteiger partial charge in [-0.1, -0.05) is 0 Å². The molecule has 0 fully saturated rings. The summed E-state index contributed by atoms with van der Waals surface area (Å²) >= 11 is 0. The van der Waals surface area contributed by atoms with Gasteiger partial charge in [0.1, 0.15) is 5.60 Å². The average molecular weight is 643 g/mol. The van der Waals surface area contributed by atoms with Crippen molar-refractivity contribution in [2.45, 2.75) is 26.4 Å². The van der Waals surface area contributed by atoms with Gasteiger partial charge >= 0.3 is 6.09 Å². The molecule has 44 heavy (non-hydrogen) atoms. The summed E-state index contributed by atoms with van der Waals surface area (Å²) in [6.45, 7) is 17.2. The van der Waals surface area contributed by atoms with Crippen molar-refractivity contribution >= 4 is 6.09 Å². The van der Waals surface area contributed by atoms with Gasteiger partial charge in [-0.15, -0.1) is 0 Å². The van der Waals surface area contributed by atoms with Crippen LogP contribution < -0.4 is 0 Å². The number of carbonyl (C=O) groups is 1. The lowest BCUT2D eigenvalue weighted by Crippen LogP contribution is -2.36. The number of amides is 1. The summed E-state index contributed by atoms with van der Waals surface area (Å²) < 4.78 is 59.9. The number of ether oxygens (including phenoxy) is 11. The average Bonchev–Trinajstić information content (AvgIpc) is 2.96. The zero-order valence-corrected chi connectivity index (χ0v) is 28.3. The first-order chi connectivity index (χ1) is 21.2. The van der Waals surface area contributed by atoms with E-state index in [1.54, 1.807) is 7.05 Å². The Morgan fingerprint density at radius 3 is 0.864 bits per heavy atom. The monoisotopic (exact) mass is 642 g/mol. The van der Waals surface area contributed by atoms with Crippen molar-refractivity contribution in [3.63, 3.8) is 0 Å². The van der Waals surface area contributed by atoms with E-state index in [4.69, 9.17) is 52.1 Å². The molecule has 0 radical (unpaired) electrons. The van der Waals surface area contributed by atoms with Crippen LogP contribution in [0.2, 0.25) is 0 Å². The number of nitrogens with zero attached hydrogens (tertiary/aromatic N) is 2. The lowest BCUT2D eigenvalue weighted by atomic mass is 10.2. The normalized spacial score (nSPS) is 11.9. The number of carbonyl (C=O) groups excluding carboxylic acids is 1. The van der Waals surface area contributed by atoms with E-state index < -0.39 is 5.60 Å². The SMILES string of the molecule is CN(C)CCOCCOCCOCCOCCOCCOCCOCCOCCOCCOCCN(C)C(=O)OC(C)(C)C. The van der Waals surface area contributed by atoms with Gasteiger partial charge in [0.05, 0.1) is 132 Å². The van der Waals surface area contributed by atoms with Crippen LogP contribution in [0.3, 0.4) is 0 Å². The lowest BCUT2D eigenvalue weighted by Gasteiger charge is -2.24. The topological polar surface area (TPSA) is 125 Å². The molecule has 0 spiro atoms. The highest BCUT2D eigenvalue weighted by atomic mass is 16.6. The molecular weight excluding hydrogens is 580 g/mol. The summed E-state index contributed by atoms with van der Waals surface area (Å²) in [5, 5.41) is 0. The largest absolute Gasteiger partial charge is 0.444 e. The maximum atomic E-state index is 11.8. The lowest BCUT2D eigenvalue weighted by molar-refractivity contribution is -0.0268. The molecule has 0 saturated carbocycles. The van der Waals surface area contributed by atoms with E-state index in [0.29, 0.717) is 139 Å². The van der Waals surface area contributed by atoms with Crippen LogP contribution in [0.25, 0.3) is 0 Å². The van der Waals surface area contributed by atoms with Gasteiger partial charge in [-0.2, -0.15) is 0 Å². The molecule has 0 N–H and O–H groups in total. The first kappa shape index (κ1) is 42.8. The molecule has 264 valence electrons. The molecule has 14 nitrogen and oxygen atoms in total. The second-order valence-electron chi connectivity index (χ2n) is 10.8. The molecule has 0 aromatic rings. The molecule has 0 heterocycles. The zero-order valence-electron chi connectivity index (χ0n) is 28.3. The molecule has 0 rings (SSSR count). The molecule has 0 aromatic heterocycles. The molecule has 0 unspecified atom stereocenters. The first-order valence-electron chi connectivity index (χ1n) is 15.6. The molecule has 0 aromatic carbocycles. The number of rotatable bonds is 33. The molecule has 0 atom stereocenters. The van der Waals surface area contributed by atoms with E-state index in [1.165, 1.54) is 4.90 Å². The van der Waals surface area contributed by atoms with Gasteiger partial charge in [-0.05, 0) is 34.9 Å². The molecular formula is C30H62N2O12. The van der Waals surface area contributed by atoms with Gasteiger partial charge in [0.15, 0.2) is 0 Å². The maximum Gasteiger partial charge on any atom is 0.410 e. The first-order valence-corrected chi connectivity index (χ1v) is 15.6. The van der Waals surface area contributed by atoms with Crippen molar-refractivity contribution in [1.82, 2.24) is 9.80 Å². The van der Waals surface area contributed by atoms with Crippen LogP contribution in [-0.4, -0.2) is 188 Å². The predicted octanol–water partition coefficient (Wildman–Crippen LogP) is 1.58. The van der Waals surface area contributed by atoms with E-state index in [9.17, 15) is 4.79 Å². The van der Waals surface area contributed by atoms with E-state index in [-0.39, 0.29) is 6.09 Å². The molecule has 14 heteroatoms. The molecule has 0 aliphatic heterocycles. The van der Waals surface area contributed by atoms with Gasteiger partial charge in [0.25, 0.3) is 0 Å². The van der Waals surface area contributed by atoms with Crippen LogP contribution >= 0.6 is 0 Å². The zero-order chi connectivity index (χ0) is 32.6. The Labute approximate surface area is 265 Å². The Balaban J connectivity index is 3.15. The molecule has 0 bridgehead atoms. The van der Waals surface area contributed by atoms with Crippen molar-refractivity contribution in [1.29, 1.82) is 0 Å². The second kappa shape index (κ2) is 31.8. The van der Waals surface area contributed by atoms with Gasteiger partial charge in [0, 0.05) is 20.1 Å². The quantitative estimate of drug-likeness (QED) is 0.0963. The van der Waals surface area contributed by atoms with Gasteiger partial charge < -0.3 is 61.9 Å². The number of hydrogen-bond acceptors (Lipinski definition) is 13. The van der Waals surface area contributed by atoms with Crippen LogP contribution in [0.1, 0.15) is 20.8 Å². The Morgan fingerprint density at radius 2 is 0.636 bits per heavy atom. The molecule has 1 amide bonds. The number of hydrogen-bond donors (Lipinski definition) is 0. The third kappa shape index (κ3) is 35.3. The standard InChI is InChI=1S/C30H62N2O12/c1-30(2,3)44-29(33)32(6)8-10-35-12-14-37-16-18-39-20-22-41-24-26-43-28-27-42-25-23-40-21-19-38-17-15-36-13-11-34-9-7-31(4)5/h7-28H2,1-6H3. The highest BCUT2D eigenvalue weighted by molar-refractivity contribution is 5.67. The second-order valence-corrected chi connectivity index (χ2v) is 10.8. The Bertz CT molecular complexity index is 611. The Kier molecular flexibility index (Phi) is 31.0. The van der Waals surface area contributed by atoms with E-state index >= 15 is 0 Å². The van der Waals surface area contributed by atoms with Crippen molar-refractivity contribution < 1.29 is 56.9 Å². The van der Waals surface area contributed by atoms with Crippen LogP contribution in [0.5, 0.6) is 0 Å². The van der Waals surface area contributed by atoms with Crippen molar-refractivity contribution in [2.75, 3.05) is 166 Å². The number of likely N-dealkylation sites (N-methyl/N-ethyl adjacent to an activating group) is 2. The molecule has 0 aliphatic rings. The third-order valence-electron chi connectivity index (χ3n) is 5.31. The summed E-state index contributed by atoms with van der Waals surface area (Å²) in [5.74, 6) is 0. The van der Waals surface area contributed by atoms with E-state index in [1.807, 2.05) is 34.9 Å². The summed E-state index contributed by atoms with van der Waals surface area (Å²) in [6.07, 6.45) is -0.362. The molecule has 0 saturated heterocycles. The minimum Gasteiger partial charge on any atom is -0.444 e. The minimum atomic E-state index is -0.507. The summed E-state index contributed by atoms with van der Waals surface area (Å²) in [5.41, 5.74) is -0.507. The van der Waals surface area contributed by atoms with E-state index in [0.717, 1.165) is 6.54 Å². The summed E-state index contributed by atoms with van der Waals surface area (Å²) in [6, 6.07) is 0. The smallest absolute Gasteiger partial charge is 0.410 e. The van der Waals surface area contributed by atoms with Gasteiger partial charge in [-0.3, -0.25) is 0 Å².